The number of carbonyl (C=O) groups is 1. The zero-order chi connectivity index (χ0) is 25.1. The molecule has 4 aromatic rings. The van der Waals surface area contributed by atoms with Crippen LogP contribution in [-0.2, 0) is 6.54 Å². The molecule has 2 amide bonds. The topological polar surface area (TPSA) is 84.8 Å². The molecule has 0 bridgehead atoms. The number of pyridine rings is 1. The SMILES string of the molecule is COc1ccc(-n2c(CN3CCN(C(=O)Nc4cc(C)ccc4OC)CC3)nc3cccnc32)cc1. The monoisotopic (exact) mass is 486 g/mol. The molecule has 3 heterocycles. The van der Waals surface area contributed by atoms with Gasteiger partial charge in [0.15, 0.2) is 5.65 Å². The molecule has 1 fully saturated rings. The normalized spacial score (nSPS) is 14.1. The molecule has 2 aromatic carbocycles. The van der Waals surface area contributed by atoms with E-state index in [1.165, 1.54) is 0 Å². The fraction of sp³-hybridized carbons (Fsp3) is 0.296. The van der Waals surface area contributed by atoms with E-state index < -0.39 is 0 Å². The largest absolute Gasteiger partial charge is 0.497 e. The summed E-state index contributed by atoms with van der Waals surface area (Å²) in [6.07, 6.45) is 1.79. The third-order valence-electron chi connectivity index (χ3n) is 6.44. The van der Waals surface area contributed by atoms with Gasteiger partial charge in [-0.3, -0.25) is 9.47 Å². The van der Waals surface area contributed by atoms with E-state index in [0.717, 1.165) is 47.1 Å². The number of carbonyl (C=O) groups excluding carboxylic acids is 1. The second-order valence-corrected chi connectivity index (χ2v) is 8.80. The van der Waals surface area contributed by atoms with Crippen molar-refractivity contribution in [2.24, 2.45) is 0 Å². The van der Waals surface area contributed by atoms with Crippen LogP contribution in [-0.4, -0.2) is 70.8 Å². The summed E-state index contributed by atoms with van der Waals surface area (Å²) in [5.41, 5.74) is 4.41. The van der Waals surface area contributed by atoms with E-state index in [0.29, 0.717) is 31.1 Å². The van der Waals surface area contributed by atoms with Crippen molar-refractivity contribution in [1.29, 1.82) is 0 Å². The number of rotatable bonds is 6. The molecule has 0 aliphatic carbocycles. The van der Waals surface area contributed by atoms with Crippen molar-refractivity contribution in [2.45, 2.75) is 13.5 Å². The summed E-state index contributed by atoms with van der Waals surface area (Å²) in [5, 5.41) is 3.00. The van der Waals surface area contributed by atoms with Gasteiger partial charge >= 0.3 is 6.03 Å². The number of hydrogen-bond acceptors (Lipinski definition) is 6. The Morgan fingerprint density at radius 1 is 1.00 bits per heavy atom. The minimum atomic E-state index is -0.117. The van der Waals surface area contributed by atoms with Gasteiger partial charge in [0.05, 0.1) is 26.5 Å². The summed E-state index contributed by atoms with van der Waals surface area (Å²) < 4.78 is 12.8. The highest BCUT2D eigenvalue weighted by Gasteiger charge is 2.24. The van der Waals surface area contributed by atoms with E-state index in [4.69, 9.17) is 14.5 Å². The Labute approximate surface area is 210 Å². The van der Waals surface area contributed by atoms with E-state index in [2.05, 4.69) is 19.8 Å². The zero-order valence-corrected chi connectivity index (χ0v) is 20.8. The Morgan fingerprint density at radius 3 is 2.50 bits per heavy atom. The van der Waals surface area contributed by atoms with Gasteiger partial charge in [-0.15, -0.1) is 0 Å². The van der Waals surface area contributed by atoms with E-state index in [-0.39, 0.29) is 6.03 Å². The molecule has 2 aromatic heterocycles. The lowest BCUT2D eigenvalue weighted by molar-refractivity contribution is 0.140. The Morgan fingerprint density at radius 2 is 1.78 bits per heavy atom. The van der Waals surface area contributed by atoms with Crippen LogP contribution in [0.2, 0.25) is 0 Å². The Kier molecular flexibility index (Phi) is 6.73. The first-order valence-corrected chi connectivity index (χ1v) is 12.0. The molecular formula is C27H30N6O3. The molecule has 186 valence electrons. The molecule has 0 spiro atoms. The molecule has 0 saturated carbocycles. The number of nitrogens with one attached hydrogen (secondary N) is 1. The molecule has 0 unspecified atom stereocenters. The number of fused-ring (bicyclic) bond motifs is 1. The van der Waals surface area contributed by atoms with Crippen LogP contribution in [0.25, 0.3) is 16.9 Å². The highest BCUT2D eigenvalue weighted by molar-refractivity contribution is 5.91. The second-order valence-electron chi connectivity index (χ2n) is 8.80. The molecule has 1 aliphatic heterocycles. The average molecular weight is 487 g/mol. The van der Waals surface area contributed by atoms with Crippen LogP contribution in [0.15, 0.2) is 60.8 Å². The number of methoxy groups -OCH3 is 2. The Balaban J connectivity index is 1.29. The number of nitrogens with zero attached hydrogens (tertiary/aromatic N) is 5. The van der Waals surface area contributed by atoms with Gasteiger partial charge in [0.2, 0.25) is 0 Å². The van der Waals surface area contributed by atoms with Crippen LogP contribution < -0.4 is 14.8 Å². The van der Waals surface area contributed by atoms with Crippen molar-refractivity contribution in [2.75, 3.05) is 45.7 Å². The number of aryl methyl sites for hydroxylation is 1. The summed E-state index contributed by atoms with van der Waals surface area (Å²) in [6.45, 7) is 5.39. The molecule has 1 N–H and O–H groups in total. The third-order valence-corrected chi connectivity index (χ3v) is 6.44. The van der Waals surface area contributed by atoms with E-state index >= 15 is 0 Å². The molecule has 1 aliphatic rings. The number of aromatic nitrogens is 3. The molecule has 36 heavy (non-hydrogen) atoms. The molecule has 9 nitrogen and oxygen atoms in total. The summed E-state index contributed by atoms with van der Waals surface area (Å²) >= 11 is 0. The molecule has 5 rings (SSSR count). The van der Waals surface area contributed by atoms with E-state index in [9.17, 15) is 4.79 Å². The van der Waals surface area contributed by atoms with Gasteiger partial charge in [-0.2, -0.15) is 0 Å². The lowest BCUT2D eigenvalue weighted by atomic mass is 10.2. The van der Waals surface area contributed by atoms with Crippen molar-refractivity contribution in [3.8, 4) is 17.2 Å². The predicted octanol–water partition coefficient (Wildman–Crippen LogP) is 4.10. The Hall–Kier alpha value is -4.11. The summed E-state index contributed by atoms with van der Waals surface area (Å²) in [7, 11) is 3.26. The van der Waals surface area contributed by atoms with Crippen molar-refractivity contribution < 1.29 is 14.3 Å². The van der Waals surface area contributed by atoms with Gasteiger partial charge in [-0.1, -0.05) is 6.07 Å². The van der Waals surface area contributed by atoms with Gasteiger partial charge in [0, 0.05) is 38.1 Å². The predicted molar refractivity (Wildman–Crippen MR) is 139 cm³/mol. The van der Waals surface area contributed by atoms with Crippen LogP contribution in [0, 0.1) is 6.92 Å². The van der Waals surface area contributed by atoms with Crippen LogP contribution in [0.1, 0.15) is 11.4 Å². The van der Waals surface area contributed by atoms with Crippen LogP contribution in [0.5, 0.6) is 11.5 Å². The number of ether oxygens (including phenoxy) is 2. The highest BCUT2D eigenvalue weighted by atomic mass is 16.5. The third kappa shape index (κ3) is 4.83. The summed E-state index contributed by atoms with van der Waals surface area (Å²) in [5.74, 6) is 2.37. The maximum Gasteiger partial charge on any atom is 0.322 e. The fourth-order valence-electron chi connectivity index (χ4n) is 4.49. The van der Waals surface area contributed by atoms with Gasteiger partial charge in [-0.25, -0.2) is 14.8 Å². The lowest BCUT2D eigenvalue weighted by Crippen LogP contribution is -2.49. The smallest absolute Gasteiger partial charge is 0.322 e. The molecule has 9 heteroatoms. The minimum Gasteiger partial charge on any atom is -0.497 e. The Bertz CT molecular complexity index is 1360. The first-order valence-electron chi connectivity index (χ1n) is 12.0. The molecule has 0 atom stereocenters. The quantitative estimate of drug-likeness (QED) is 0.442. The molecular weight excluding hydrogens is 456 g/mol. The number of hydrogen-bond donors (Lipinski definition) is 1. The number of urea groups is 1. The maximum absolute atomic E-state index is 12.9. The van der Waals surface area contributed by atoms with Gasteiger partial charge in [0.1, 0.15) is 22.8 Å². The van der Waals surface area contributed by atoms with Gasteiger partial charge in [0.25, 0.3) is 0 Å². The summed E-state index contributed by atoms with van der Waals surface area (Å²) in [4.78, 5) is 26.6. The van der Waals surface area contributed by atoms with Crippen molar-refractivity contribution in [1.82, 2.24) is 24.3 Å². The van der Waals surface area contributed by atoms with Crippen LogP contribution in [0.4, 0.5) is 10.5 Å². The van der Waals surface area contributed by atoms with Crippen molar-refractivity contribution >= 4 is 22.9 Å². The first kappa shape index (κ1) is 23.6. The van der Waals surface area contributed by atoms with Gasteiger partial charge in [-0.05, 0) is 61.0 Å². The molecule has 1 saturated heterocycles. The van der Waals surface area contributed by atoms with E-state index in [1.807, 2.05) is 66.4 Å². The number of benzene rings is 2. The minimum absolute atomic E-state index is 0.117. The highest BCUT2D eigenvalue weighted by Crippen LogP contribution is 2.26. The number of anilines is 1. The fourth-order valence-corrected chi connectivity index (χ4v) is 4.49. The average Bonchev–Trinajstić information content (AvgIpc) is 3.27. The van der Waals surface area contributed by atoms with Gasteiger partial charge < -0.3 is 19.7 Å². The number of amides is 2. The number of piperazine rings is 1. The summed E-state index contributed by atoms with van der Waals surface area (Å²) in [6, 6.07) is 17.4. The maximum atomic E-state index is 12.9. The van der Waals surface area contributed by atoms with Crippen molar-refractivity contribution in [3.63, 3.8) is 0 Å². The van der Waals surface area contributed by atoms with Crippen molar-refractivity contribution in [3.05, 3.63) is 72.2 Å². The first-order chi connectivity index (χ1) is 17.6. The molecule has 0 radical (unpaired) electrons. The zero-order valence-electron chi connectivity index (χ0n) is 20.8. The lowest BCUT2D eigenvalue weighted by Gasteiger charge is -2.34. The van der Waals surface area contributed by atoms with E-state index in [1.54, 1.807) is 20.4 Å². The van der Waals surface area contributed by atoms with Crippen LogP contribution in [0.3, 0.4) is 0 Å². The number of imidazole rings is 1. The van der Waals surface area contributed by atoms with Crippen LogP contribution >= 0.6 is 0 Å². The standard InChI is InChI=1S/C27H30N6O3/c1-19-6-11-24(36-3)23(17-19)30-27(34)32-15-13-31(14-16-32)18-25-29-22-5-4-12-28-26(22)33(25)20-7-9-21(35-2)10-8-20/h4-12,17H,13-16,18H2,1-3H3,(H,30,34). The second kappa shape index (κ2) is 10.2.